The quantitative estimate of drug-likeness (QED) is 0.0808. The molecule has 1 aliphatic heterocycles. The van der Waals surface area contributed by atoms with E-state index < -0.39 is 0 Å². The predicted octanol–water partition coefficient (Wildman–Crippen LogP) is 11.2. The minimum Gasteiger partial charge on any atom is -0.477 e. The molecule has 0 N–H and O–H groups in total. The molecule has 1 aromatic rings. The van der Waals surface area contributed by atoms with Crippen LogP contribution in [0.1, 0.15) is 126 Å². The molecule has 53 heavy (non-hydrogen) atoms. The van der Waals surface area contributed by atoms with Gasteiger partial charge < -0.3 is 23.7 Å². The van der Waals surface area contributed by atoms with Gasteiger partial charge in [-0.05, 0) is 144 Å². The van der Waals surface area contributed by atoms with E-state index in [9.17, 15) is 0 Å². The van der Waals surface area contributed by atoms with E-state index in [-0.39, 0.29) is 22.4 Å². The van der Waals surface area contributed by atoms with Crippen LogP contribution in [0.5, 0.6) is 0 Å². The van der Waals surface area contributed by atoms with E-state index in [1.165, 1.54) is 18.4 Å². The second-order valence-electron chi connectivity index (χ2n) is 17.5. The van der Waals surface area contributed by atoms with Gasteiger partial charge in [-0.3, -0.25) is 4.99 Å². The van der Waals surface area contributed by atoms with Crippen molar-refractivity contribution in [2.24, 2.45) is 22.7 Å². The molecule has 4 rings (SSSR count). The van der Waals surface area contributed by atoms with Crippen molar-refractivity contribution >= 4 is 27.5 Å². The Morgan fingerprint density at radius 2 is 1.38 bits per heavy atom. The number of fused-ring (bicyclic) bond motifs is 2. The molecular weight excluding hydrogens is 699 g/mol. The fourth-order valence-corrected chi connectivity index (χ4v) is 7.04. The van der Waals surface area contributed by atoms with E-state index >= 15 is 0 Å². The molecule has 8 heteroatoms. The highest BCUT2D eigenvalue weighted by Gasteiger charge is 2.36. The fourth-order valence-electron chi connectivity index (χ4n) is 5.14. The smallest absolute Gasteiger partial charge is 0.210 e. The number of ether oxygens (including phenoxy) is 5. The number of nitrogens with zero attached hydrogens (tertiary/aromatic N) is 1. The molecule has 300 valence electrons. The number of hydrogen-bond donors (Lipinski definition) is 0. The summed E-state index contributed by atoms with van der Waals surface area (Å²) in [6.45, 7) is 29.5. The van der Waals surface area contributed by atoms with Gasteiger partial charge in [0.05, 0.1) is 42.2 Å². The van der Waals surface area contributed by atoms with Gasteiger partial charge in [0.15, 0.2) is 0 Å². The van der Waals surface area contributed by atoms with Crippen molar-refractivity contribution in [1.82, 2.24) is 0 Å². The van der Waals surface area contributed by atoms with Crippen molar-refractivity contribution < 1.29 is 23.7 Å². The summed E-state index contributed by atoms with van der Waals surface area (Å²) in [6.07, 6.45) is 21.0. The summed E-state index contributed by atoms with van der Waals surface area (Å²) >= 11 is 0. The maximum absolute atomic E-state index is 5.83. The third kappa shape index (κ3) is 28.2. The van der Waals surface area contributed by atoms with Crippen molar-refractivity contribution in [3.05, 3.63) is 47.5 Å². The average molecular weight is 772 g/mol. The van der Waals surface area contributed by atoms with Crippen LogP contribution in [0.4, 0.5) is 0 Å². The fraction of sp³-hybridized carbons (Fsp3) is 0.711. The van der Waals surface area contributed by atoms with Gasteiger partial charge in [-0.15, -0.1) is 18.8 Å². The van der Waals surface area contributed by atoms with Gasteiger partial charge in [-0.1, -0.05) is 51.8 Å². The van der Waals surface area contributed by atoms with Crippen LogP contribution in [0.25, 0.3) is 0 Å². The first-order valence-corrected chi connectivity index (χ1v) is 21.8. The Morgan fingerprint density at radius 1 is 0.755 bits per heavy atom. The molecule has 1 heterocycles. The first-order chi connectivity index (χ1) is 24.7. The summed E-state index contributed by atoms with van der Waals surface area (Å²) in [5.74, 6) is 10.5. The summed E-state index contributed by atoms with van der Waals surface area (Å²) < 4.78 is 27.6. The Labute approximate surface area is 333 Å². The lowest BCUT2D eigenvalue weighted by Crippen LogP contribution is -2.25. The SMILES string of the molecule is C#CCCCCOC(C)(C)C.C#Cc1ccc(CSSCCOC(C)(C)C)cc1.CC(C)(C)OCC1=NCCO1.CC(C)(C)OCC1CC2C=CC1C2. The summed E-state index contributed by atoms with van der Waals surface area (Å²) in [5, 5.41) is 0. The number of allylic oxidation sites excluding steroid dienone is 2. The van der Waals surface area contributed by atoms with Gasteiger partial charge in [-0.2, -0.15) is 0 Å². The third-order valence-corrected chi connectivity index (χ3v) is 10.1. The van der Waals surface area contributed by atoms with Crippen LogP contribution in [0.2, 0.25) is 0 Å². The molecule has 1 saturated carbocycles. The van der Waals surface area contributed by atoms with Crippen LogP contribution in [0, 0.1) is 42.4 Å². The molecule has 0 radical (unpaired) electrons. The van der Waals surface area contributed by atoms with E-state index in [4.69, 9.17) is 36.5 Å². The van der Waals surface area contributed by atoms with Crippen LogP contribution in [0.3, 0.4) is 0 Å². The molecule has 1 aromatic carbocycles. The normalized spacial score (nSPS) is 19.0. The van der Waals surface area contributed by atoms with Crippen LogP contribution in [-0.4, -0.2) is 73.6 Å². The molecule has 0 spiro atoms. The van der Waals surface area contributed by atoms with Crippen molar-refractivity contribution in [3.8, 4) is 24.7 Å². The molecular formula is C45H73NO5S2. The largest absolute Gasteiger partial charge is 0.477 e. The van der Waals surface area contributed by atoms with Gasteiger partial charge in [0.2, 0.25) is 5.90 Å². The Balaban J connectivity index is 0.000000362. The number of terminal acetylenes is 2. The molecule has 2 aliphatic carbocycles. The lowest BCUT2D eigenvalue weighted by molar-refractivity contribution is -0.0261. The summed E-state index contributed by atoms with van der Waals surface area (Å²) in [6, 6.07) is 8.16. The van der Waals surface area contributed by atoms with Crippen LogP contribution < -0.4 is 0 Å². The Bertz CT molecular complexity index is 1270. The molecule has 0 saturated heterocycles. The Kier molecular flexibility index (Phi) is 23.4. The highest BCUT2D eigenvalue weighted by atomic mass is 33.1. The maximum atomic E-state index is 5.83. The van der Waals surface area contributed by atoms with Crippen molar-refractivity contribution in [2.75, 3.05) is 45.3 Å². The minimum absolute atomic E-state index is 0.00383. The summed E-state index contributed by atoms with van der Waals surface area (Å²) in [7, 11) is 3.71. The van der Waals surface area contributed by atoms with Crippen molar-refractivity contribution in [2.45, 2.75) is 143 Å². The number of aliphatic imine (C=N–C) groups is 1. The zero-order valence-corrected chi connectivity index (χ0v) is 37.0. The highest BCUT2D eigenvalue weighted by Crippen LogP contribution is 2.43. The standard InChI is InChI=1S/C15H20OS2.C12H20O.C10H18O.C8H15NO2/c1-5-13-6-8-14(9-7-13)12-18-17-11-10-16-15(2,3)4;1-12(2,3)13-8-11-7-9-4-5-10(11)6-9;1-5-6-7-8-9-11-10(2,3)4;1-8(2,3)11-6-7-9-4-5-10-7/h1,6-9H,10-12H2,2-4H3;4-5,9-11H,6-8H2,1-3H3;1H,6-9H2,2-4H3;4-6H2,1-3H3. The second kappa shape index (κ2) is 25.3. The molecule has 0 amide bonds. The molecule has 3 aliphatic rings. The topological polar surface area (TPSA) is 58.5 Å². The van der Waals surface area contributed by atoms with Gasteiger partial charge in [0, 0.05) is 30.1 Å². The van der Waals surface area contributed by atoms with Gasteiger partial charge in [-0.25, -0.2) is 0 Å². The van der Waals surface area contributed by atoms with Crippen molar-refractivity contribution in [3.63, 3.8) is 0 Å². The van der Waals surface area contributed by atoms with Gasteiger partial charge >= 0.3 is 0 Å². The predicted molar refractivity (Wildman–Crippen MR) is 231 cm³/mol. The number of benzene rings is 1. The lowest BCUT2D eigenvalue weighted by atomic mass is 9.94. The van der Waals surface area contributed by atoms with E-state index in [0.29, 0.717) is 13.2 Å². The van der Waals surface area contributed by atoms with Crippen LogP contribution in [0.15, 0.2) is 41.4 Å². The molecule has 1 fully saturated rings. The van der Waals surface area contributed by atoms with Gasteiger partial charge in [0.1, 0.15) is 13.2 Å². The zero-order valence-electron chi connectivity index (χ0n) is 35.3. The van der Waals surface area contributed by atoms with E-state index in [0.717, 1.165) is 86.3 Å². The molecule has 0 aromatic heterocycles. The van der Waals surface area contributed by atoms with E-state index in [2.05, 4.69) is 103 Å². The number of unbranched alkanes of at least 4 members (excludes halogenated alkanes) is 2. The monoisotopic (exact) mass is 771 g/mol. The second-order valence-corrected chi connectivity index (χ2v) is 20.1. The third-order valence-electron chi connectivity index (χ3n) is 7.81. The summed E-state index contributed by atoms with van der Waals surface area (Å²) in [4.78, 5) is 4.11. The van der Waals surface area contributed by atoms with Crippen molar-refractivity contribution in [1.29, 1.82) is 0 Å². The molecule has 2 bridgehead atoms. The molecule has 3 unspecified atom stereocenters. The van der Waals surface area contributed by atoms with Crippen LogP contribution in [-0.2, 0) is 29.4 Å². The van der Waals surface area contributed by atoms with Crippen LogP contribution >= 0.6 is 21.6 Å². The van der Waals surface area contributed by atoms with E-state index in [1.807, 2.05) is 54.5 Å². The Hall–Kier alpha value is -1.91. The summed E-state index contributed by atoms with van der Waals surface area (Å²) in [5.41, 5.74) is 2.14. The van der Waals surface area contributed by atoms with E-state index in [1.54, 1.807) is 0 Å². The van der Waals surface area contributed by atoms with Gasteiger partial charge in [0.25, 0.3) is 0 Å². The molecule has 3 atom stereocenters. The maximum Gasteiger partial charge on any atom is 0.210 e. The Morgan fingerprint density at radius 3 is 1.87 bits per heavy atom. The zero-order chi connectivity index (χ0) is 40.0. The number of hydrogen-bond acceptors (Lipinski definition) is 8. The first-order valence-electron chi connectivity index (χ1n) is 19.3. The lowest BCUT2D eigenvalue weighted by Gasteiger charge is -2.25. The minimum atomic E-state index is -0.103. The number of rotatable bonds is 14. The molecule has 6 nitrogen and oxygen atoms in total. The highest BCUT2D eigenvalue weighted by molar-refractivity contribution is 8.76. The average Bonchev–Trinajstić information content (AvgIpc) is 3.84. The first kappa shape index (κ1) is 49.1.